The fourth-order valence-corrected chi connectivity index (χ4v) is 6.46. The van der Waals surface area contributed by atoms with Gasteiger partial charge in [0.25, 0.3) is 5.97 Å². The van der Waals surface area contributed by atoms with Crippen LogP contribution in [0.2, 0.25) is 0 Å². The molecule has 46 heavy (non-hydrogen) atoms. The van der Waals surface area contributed by atoms with Crippen LogP contribution in [0.4, 0.5) is 0 Å². The molecule has 0 aliphatic carbocycles. The summed E-state index contributed by atoms with van der Waals surface area (Å²) in [4.78, 5) is 37.7. The highest BCUT2D eigenvalue weighted by molar-refractivity contribution is 7.89. The first kappa shape index (κ1) is 33.8. The normalized spacial score (nSPS) is 15.0. The average molecular weight is 644 g/mol. The van der Waals surface area contributed by atoms with Gasteiger partial charge < -0.3 is 21.1 Å². The van der Waals surface area contributed by atoms with Crippen LogP contribution in [0.5, 0.6) is 0 Å². The first-order valence-electron chi connectivity index (χ1n) is 14.7. The number of nitrogens with zero attached hydrogens (tertiary/aromatic N) is 1. The quantitative estimate of drug-likeness (QED) is 0.130. The van der Waals surface area contributed by atoms with Crippen LogP contribution < -0.4 is 15.8 Å². The van der Waals surface area contributed by atoms with E-state index in [-0.39, 0.29) is 29.6 Å². The maximum Gasteiger partial charge on any atom is 0.300 e. The Morgan fingerprint density at radius 2 is 1.57 bits per heavy atom. The Morgan fingerprint density at radius 3 is 2.22 bits per heavy atom. The highest BCUT2D eigenvalue weighted by Gasteiger charge is 2.38. The summed E-state index contributed by atoms with van der Waals surface area (Å²) < 4.78 is 29.8. The molecule has 1 fully saturated rings. The molecule has 240 valence electrons. The Labute approximate surface area is 268 Å². The molecule has 0 unspecified atom stereocenters. The fourth-order valence-electron chi connectivity index (χ4n) is 5.23. The van der Waals surface area contributed by atoms with Crippen molar-refractivity contribution in [2.45, 2.75) is 49.7 Å². The topological polar surface area (TPSA) is 183 Å². The molecule has 0 saturated carbocycles. The van der Waals surface area contributed by atoms with E-state index in [1.165, 1.54) is 11.0 Å². The number of nitrogen functional groups attached to an aromatic ring is 1. The van der Waals surface area contributed by atoms with E-state index >= 15 is 0 Å². The predicted octanol–water partition coefficient (Wildman–Crippen LogP) is 3.41. The number of carbonyl (C=O) groups excluding carboxylic acids is 2. The van der Waals surface area contributed by atoms with Gasteiger partial charge in [-0.2, -0.15) is 4.72 Å². The molecule has 12 heteroatoms. The Bertz CT molecular complexity index is 1810. The van der Waals surface area contributed by atoms with Crippen molar-refractivity contribution in [3.05, 3.63) is 114 Å². The van der Waals surface area contributed by atoms with Crippen molar-refractivity contribution in [3.63, 3.8) is 0 Å². The number of nitrogens with one attached hydrogen (secondary N) is 3. The minimum atomic E-state index is -4.06. The van der Waals surface area contributed by atoms with Gasteiger partial charge in [0.1, 0.15) is 17.9 Å². The third-order valence-corrected chi connectivity index (χ3v) is 8.95. The highest BCUT2D eigenvalue weighted by atomic mass is 32.2. The number of benzene rings is 4. The molecular formula is C34H37N5O6S. The summed E-state index contributed by atoms with van der Waals surface area (Å²) in [6.45, 7) is 1.69. The number of hydrogen-bond donors (Lipinski definition) is 5. The molecule has 2 atom stereocenters. The number of likely N-dealkylation sites (tertiary alicyclic amines) is 1. The Balaban J connectivity index is 0.00000113. The number of fused-ring (bicyclic) bond motifs is 1. The lowest BCUT2D eigenvalue weighted by atomic mass is 10.0. The van der Waals surface area contributed by atoms with E-state index in [1.807, 2.05) is 54.6 Å². The van der Waals surface area contributed by atoms with E-state index in [1.54, 1.807) is 36.4 Å². The van der Waals surface area contributed by atoms with Crippen molar-refractivity contribution in [3.8, 4) is 0 Å². The Kier molecular flexibility index (Phi) is 11.2. The SMILES string of the molecule is CC(=O)O.N=C(N)c1ccc(CNC(=O)[C@@H]2CCCN2C(=O)[C@@H](Cc2ccccc2)NS(=O)(=O)c2ccc3ccccc3c2)cc1. The molecule has 2 amide bonds. The van der Waals surface area contributed by atoms with Gasteiger partial charge in [-0.15, -0.1) is 0 Å². The van der Waals surface area contributed by atoms with Gasteiger partial charge in [-0.05, 0) is 53.3 Å². The predicted molar refractivity (Wildman–Crippen MR) is 176 cm³/mol. The van der Waals surface area contributed by atoms with E-state index < -0.39 is 34.0 Å². The average Bonchev–Trinajstić information content (AvgIpc) is 3.53. The summed E-state index contributed by atoms with van der Waals surface area (Å²) in [5.41, 5.74) is 7.73. The van der Waals surface area contributed by atoms with Gasteiger partial charge in [0.2, 0.25) is 21.8 Å². The number of sulfonamides is 1. The second-order valence-electron chi connectivity index (χ2n) is 10.9. The van der Waals surface area contributed by atoms with Crippen LogP contribution in [0.25, 0.3) is 10.8 Å². The van der Waals surface area contributed by atoms with Gasteiger partial charge in [0.05, 0.1) is 4.90 Å². The number of carboxylic acids is 1. The maximum atomic E-state index is 13.9. The zero-order valence-electron chi connectivity index (χ0n) is 25.3. The molecule has 1 aliphatic rings. The van der Waals surface area contributed by atoms with E-state index in [2.05, 4.69) is 10.0 Å². The lowest BCUT2D eigenvalue weighted by molar-refractivity contribution is -0.139. The van der Waals surface area contributed by atoms with Gasteiger partial charge in [0.15, 0.2) is 0 Å². The summed E-state index contributed by atoms with van der Waals surface area (Å²) in [6, 6.07) is 26.7. The van der Waals surface area contributed by atoms with Crippen LogP contribution in [0.3, 0.4) is 0 Å². The molecule has 1 saturated heterocycles. The second-order valence-corrected chi connectivity index (χ2v) is 12.6. The molecule has 11 nitrogen and oxygen atoms in total. The number of carbonyl (C=O) groups is 3. The van der Waals surface area contributed by atoms with Crippen molar-refractivity contribution < 1.29 is 27.9 Å². The minimum absolute atomic E-state index is 0.0352. The molecule has 1 aliphatic heterocycles. The molecule has 5 rings (SSSR count). The van der Waals surface area contributed by atoms with E-state index in [0.29, 0.717) is 24.9 Å². The summed E-state index contributed by atoms with van der Waals surface area (Å²) in [7, 11) is -4.06. The van der Waals surface area contributed by atoms with Crippen molar-refractivity contribution >= 4 is 44.4 Å². The smallest absolute Gasteiger partial charge is 0.300 e. The molecule has 0 aromatic heterocycles. The first-order valence-corrected chi connectivity index (χ1v) is 16.2. The third kappa shape index (κ3) is 8.99. The van der Waals surface area contributed by atoms with Gasteiger partial charge in [-0.1, -0.05) is 84.9 Å². The van der Waals surface area contributed by atoms with Crippen LogP contribution in [-0.4, -0.2) is 60.7 Å². The van der Waals surface area contributed by atoms with Gasteiger partial charge in [-0.25, -0.2) is 8.42 Å². The van der Waals surface area contributed by atoms with Gasteiger partial charge in [-0.3, -0.25) is 19.8 Å². The number of amidine groups is 1. The molecule has 0 bridgehead atoms. The number of nitrogens with two attached hydrogens (primary N) is 1. The van der Waals surface area contributed by atoms with Crippen LogP contribution >= 0.6 is 0 Å². The largest absolute Gasteiger partial charge is 0.481 e. The molecule has 0 spiro atoms. The fraction of sp³-hybridized carbons (Fsp3) is 0.235. The summed E-state index contributed by atoms with van der Waals surface area (Å²) >= 11 is 0. The lowest BCUT2D eigenvalue weighted by Crippen LogP contribution is -2.54. The Morgan fingerprint density at radius 1 is 0.935 bits per heavy atom. The third-order valence-electron chi connectivity index (χ3n) is 7.48. The van der Waals surface area contributed by atoms with Gasteiger partial charge in [0, 0.05) is 25.6 Å². The van der Waals surface area contributed by atoms with E-state index in [4.69, 9.17) is 21.0 Å². The molecule has 4 aromatic rings. The van der Waals surface area contributed by atoms with Crippen molar-refractivity contribution in [2.24, 2.45) is 5.73 Å². The number of amides is 2. The highest BCUT2D eigenvalue weighted by Crippen LogP contribution is 2.23. The molecule has 0 radical (unpaired) electrons. The van der Waals surface area contributed by atoms with Crippen molar-refractivity contribution in [1.82, 2.24) is 14.9 Å². The molecule has 6 N–H and O–H groups in total. The van der Waals surface area contributed by atoms with E-state index in [9.17, 15) is 18.0 Å². The molecule has 1 heterocycles. The van der Waals surface area contributed by atoms with Crippen LogP contribution in [0, 0.1) is 5.41 Å². The molecular weight excluding hydrogens is 606 g/mol. The number of hydrogen-bond acceptors (Lipinski definition) is 6. The van der Waals surface area contributed by atoms with E-state index in [0.717, 1.165) is 28.8 Å². The second kappa shape index (κ2) is 15.3. The van der Waals surface area contributed by atoms with Crippen LogP contribution in [-0.2, 0) is 37.4 Å². The van der Waals surface area contributed by atoms with Crippen molar-refractivity contribution in [1.29, 1.82) is 5.41 Å². The number of aliphatic carboxylic acids is 1. The maximum absolute atomic E-state index is 13.9. The lowest BCUT2D eigenvalue weighted by Gasteiger charge is -2.29. The number of carboxylic acid groups (broad SMARTS) is 1. The van der Waals surface area contributed by atoms with Crippen LogP contribution in [0.15, 0.2) is 102 Å². The monoisotopic (exact) mass is 643 g/mol. The number of rotatable bonds is 10. The first-order chi connectivity index (χ1) is 21.9. The molecule has 4 aromatic carbocycles. The Hall–Kier alpha value is -5.07. The zero-order valence-corrected chi connectivity index (χ0v) is 26.2. The van der Waals surface area contributed by atoms with Gasteiger partial charge >= 0.3 is 0 Å². The zero-order chi connectivity index (χ0) is 33.3. The van der Waals surface area contributed by atoms with Crippen LogP contribution in [0.1, 0.15) is 36.5 Å². The summed E-state index contributed by atoms with van der Waals surface area (Å²) in [5, 5.41) is 19.5. The summed E-state index contributed by atoms with van der Waals surface area (Å²) in [6.07, 6.45) is 1.25. The summed E-state index contributed by atoms with van der Waals surface area (Å²) in [5.74, 6) is -1.61. The standard InChI is InChI=1S/C32H33N5O4S.C2H4O2/c33-30(34)25-14-12-23(13-15-25)21-35-31(38)29-11-6-18-37(29)32(39)28(19-22-7-2-1-3-8-22)36-42(40,41)27-17-16-24-9-4-5-10-26(24)20-27;1-2(3)4/h1-5,7-10,12-17,20,28-29,36H,6,11,18-19,21H2,(H3,33,34)(H,35,38);1H3,(H,3,4)/t28-,29+;/m1./s1. The van der Waals surface area contributed by atoms with Crippen molar-refractivity contribution in [2.75, 3.05) is 6.54 Å². The minimum Gasteiger partial charge on any atom is -0.481 e.